The number of hydrogen-bond donors (Lipinski definition) is 0. The van der Waals surface area contributed by atoms with Crippen molar-refractivity contribution in [1.29, 1.82) is 0 Å². The van der Waals surface area contributed by atoms with Crippen LogP contribution in [0, 0.1) is 0 Å². The van der Waals surface area contributed by atoms with E-state index in [1.54, 1.807) is 24.3 Å². The van der Waals surface area contributed by atoms with Crippen molar-refractivity contribution < 1.29 is 9.53 Å². The summed E-state index contributed by atoms with van der Waals surface area (Å²) in [5, 5.41) is 0.649. The lowest BCUT2D eigenvalue weighted by Gasteiger charge is -2.07. The second-order valence-electron chi connectivity index (χ2n) is 4.62. The van der Waals surface area contributed by atoms with E-state index in [1.165, 1.54) is 5.56 Å². The Hall–Kier alpha value is -1.80. The maximum absolute atomic E-state index is 12.1. The van der Waals surface area contributed by atoms with Crippen LogP contribution < -0.4 is 4.74 Å². The average Bonchev–Trinajstić information content (AvgIpc) is 2.47. The van der Waals surface area contributed by atoms with E-state index in [2.05, 4.69) is 6.92 Å². The zero-order chi connectivity index (χ0) is 14.4. The first-order chi connectivity index (χ1) is 9.69. The summed E-state index contributed by atoms with van der Waals surface area (Å²) >= 11 is 5.79. The minimum absolute atomic E-state index is 0.0158. The van der Waals surface area contributed by atoms with E-state index in [1.807, 2.05) is 24.3 Å². The molecule has 0 saturated heterocycles. The van der Waals surface area contributed by atoms with Crippen LogP contribution in [-0.2, 0) is 6.42 Å². The molecule has 0 fully saturated rings. The summed E-state index contributed by atoms with van der Waals surface area (Å²) < 4.78 is 5.47. The molecule has 0 heterocycles. The highest BCUT2D eigenvalue weighted by molar-refractivity contribution is 6.30. The predicted octanol–water partition coefficient (Wildman–Crippen LogP) is 4.55. The molecule has 2 aromatic rings. The number of aryl methyl sites for hydroxylation is 1. The van der Waals surface area contributed by atoms with Gasteiger partial charge in [-0.1, -0.05) is 43.1 Å². The van der Waals surface area contributed by atoms with Crippen LogP contribution in [0.1, 0.15) is 29.3 Å². The van der Waals surface area contributed by atoms with Crippen molar-refractivity contribution in [2.45, 2.75) is 19.8 Å². The van der Waals surface area contributed by atoms with Crippen LogP contribution in [0.2, 0.25) is 5.02 Å². The van der Waals surface area contributed by atoms with Gasteiger partial charge in [0.15, 0.2) is 12.4 Å². The molecule has 20 heavy (non-hydrogen) atoms. The minimum Gasteiger partial charge on any atom is -0.485 e. The second-order valence-corrected chi connectivity index (χ2v) is 5.05. The third kappa shape index (κ3) is 4.10. The van der Waals surface area contributed by atoms with E-state index < -0.39 is 0 Å². The van der Waals surface area contributed by atoms with E-state index in [0.29, 0.717) is 16.3 Å². The van der Waals surface area contributed by atoms with Crippen LogP contribution in [0.15, 0.2) is 48.5 Å². The lowest BCUT2D eigenvalue weighted by atomic mass is 10.0. The molecule has 0 atom stereocenters. The summed E-state index contributed by atoms with van der Waals surface area (Å²) in [5.41, 5.74) is 1.88. The zero-order valence-corrected chi connectivity index (χ0v) is 12.2. The highest BCUT2D eigenvalue weighted by Gasteiger charge is 2.07. The van der Waals surface area contributed by atoms with Gasteiger partial charge in [0.2, 0.25) is 0 Å². The van der Waals surface area contributed by atoms with Crippen molar-refractivity contribution in [3.8, 4) is 5.75 Å². The number of carbonyl (C=O) groups is 1. The van der Waals surface area contributed by atoms with Gasteiger partial charge >= 0.3 is 0 Å². The summed E-state index contributed by atoms with van der Waals surface area (Å²) in [7, 11) is 0. The van der Waals surface area contributed by atoms with E-state index in [4.69, 9.17) is 16.3 Å². The van der Waals surface area contributed by atoms with Crippen LogP contribution in [0.4, 0.5) is 0 Å². The van der Waals surface area contributed by atoms with Gasteiger partial charge in [0.1, 0.15) is 5.75 Å². The molecule has 104 valence electrons. The van der Waals surface area contributed by atoms with Gasteiger partial charge in [0, 0.05) is 10.6 Å². The molecule has 0 amide bonds. The third-order valence-corrected chi connectivity index (χ3v) is 3.22. The maximum atomic E-state index is 12.1. The Morgan fingerprint density at radius 3 is 2.60 bits per heavy atom. The van der Waals surface area contributed by atoms with Gasteiger partial charge < -0.3 is 4.74 Å². The number of rotatable bonds is 6. The molecule has 0 unspecified atom stereocenters. The first-order valence-corrected chi connectivity index (χ1v) is 7.07. The number of hydrogen-bond acceptors (Lipinski definition) is 2. The van der Waals surface area contributed by atoms with Crippen molar-refractivity contribution in [1.82, 2.24) is 0 Å². The van der Waals surface area contributed by atoms with Crippen LogP contribution in [0.5, 0.6) is 5.75 Å². The Balaban J connectivity index is 1.97. The number of Topliss-reactive ketones (excluding diaryl/α,β-unsaturated/α-hetero) is 1. The number of ketones is 1. The minimum atomic E-state index is -0.0158. The molecule has 0 aliphatic carbocycles. The molecule has 0 saturated carbocycles. The van der Waals surface area contributed by atoms with E-state index >= 15 is 0 Å². The first kappa shape index (κ1) is 14.6. The Kier molecular flexibility index (Phi) is 5.19. The maximum Gasteiger partial charge on any atom is 0.200 e. The topological polar surface area (TPSA) is 26.3 Å². The van der Waals surface area contributed by atoms with Gasteiger partial charge in [-0.3, -0.25) is 4.79 Å². The SMILES string of the molecule is CCCc1cccc(C(=O)COc2ccc(Cl)cc2)c1. The Morgan fingerprint density at radius 1 is 1.15 bits per heavy atom. The number of ether oxygens (including phenoxy) is 1. The molecule has 2 nitrogen and oxygen atoms in total. The predicted molar refractivity (Wildman–Crippen MR) is 81.7 cm³/mol. The molecular formula is C17H17ClO2. The van der Waals surface area contributed by atoms with Crippen LogP contribution in [-0.4, -0.2) is 12.4 Å². The van der Waals surface area contributed by atoms with Gasteiger partial charge in [0.05, 0.1) is 0 Å². The van der Waals surface area contributed by atoms with Gasteiger partial charge in [-0.2, -0.15) is 0 Å². The Morgan fingerprint density at radius 2 is 1.90 bits per heavy atom. The summed E-state index contributed by atoms with van der Waals surface area (Å²) in [5.74, 6) is 0.630. The summed E-state index contributed by atoms with van der Waals surface area (Å²) in [6, 6.07) is 14.7. The Bertz CT molecular complexity index is 576. The average molecular weight is 289 g/mol. The van der Waals surface area contributed by atoms with Crippen LogP contribution >= 0.6 is 11.6 Å². The lowest BCUT2D eigenvalue weighted by Crippen LogP contribution is -2.11. The fourth-order valence-electron chi connectivity index (χ4n) is 1.95. The molecule has 0 aliphatic rings. The van der Waals surface area contributed by atoms with Crippen molar-refractivity contribution in [3.05, 3.63) is 64.7 Å². The van der Waals surface area contributed by atoms with Gasteiger partial charge in [-0.05, 0) is 42.3 Å². The molecule has 0 aliphatic heterocycles. The van der Waals surface area contributed by atoms with Crippen molar-refractivity contribution in [2.75, 3.05) is 6.61 Å². The fourth-order valence-corrected chi connectivity index (χ4v) is 2.08. The van der Waals surface area contributed by atoms with E-state index in [-0.39, 0.29) is 12.4 Å². The smallest absolute Gasteiger partial charge is 0.200 e. The highest BCUT2D eigenvalue weighted by atomic mass is 35.5. The van der Waals surface area contributed by atoms with Crippen LogP contribution in [0.25, 0.3) is 0 Å². The molecule has 0 bridgehead atoms. The van der Waals surface area contributed by atoms with Gasteiger partial charge in [-0.25, -0.2) is 0 Å². The molecule has 0 spiro atoms. The lowest BCUT2D eigenvalue weighted by molar-refractivity contribution is 0.0921. The van der Waals surface area contributed by atoms with E-state index in [9.17, 15) is 4.79 Å². The van der Waals surface area contributed by atoms with Crippen molar-refractivity contribution >= 4 is 17.4 Å². The summed E-state index contributed by atoms with van der Waals surface area (Å²) in [4.78, 5) is 12.1. The first-order valence-electron chi connectivity index (χ1n) is 6.69. The fraction of sp³-hybridized carbons (Fsp3) is 0.235. The van der Waals surface area contributed by atoms with E-state index in [0.717, 1.165) is 12.8 Å². The third-order valence-electron chi connectivity index (χ3n) is 2.97. The molecule has 2 aromatic carbocycles. The largest absolute Gasteiger partial charge is 0.485 e. The van der Waals surface area contributed by atoms with Gasteiger partial charge in [-0.15, -0.1) is 0 Å². The number of carbonyl (C=O) groups excluding carboxylic acids is 1. The molecular weight excluding hydrogens is 272 g/mol. The quantitative estimate of drug-likeness (QED) is 0.729. The molecule has 2 rings (SSSR count). The molecule has 0 aromatic heterocycles. The second kappa shape index (κ2) is 7.11. The summed E-state index contributed by atoms with van der Waals surface area (Å²) in [6.07, 6.45) is 2.05. The van der Waals surface area contributed by atoms with Crippen molar-refractivity contribution in [2.24, 2.45) is 0 Å². The standard InChI is InChI=1S/C17H17ClO2/c1-2-4-13-5-3-6-14(11-13)17(19)12-20-16-9-7-15(18)8-10-16/h3,5-11H,2,4,12H2,1H3. The molecule has 3 heteroatoms. The van der Waals surface area contributed by atoms with Gasteiger partial charge in [0.25, 0.3) is 0 Å². The number of halogens is 1. The summed E-state index contributed by atoms with van der Waals surface area (Å²) in [6.45, 7) is 2.16. The van der Waals surface area contributed by atoms with Crippen molar-refractivity contribution in [3.63, 3.8) is 0 Å². The normalized spacial score (nSPS) is 10.3. The monoisotopic (exact) mass is 288 g/mol. The zero-order valence-electron chi connectivity index (χ0n) is 11.4. The highest BCUT2D eigenvalue weighted by Crippen LogP contribution is 2.16. The van der Waals surface area contributed by atoms with Crippen LogP contribution in [0.3, 0.4) is 0 Å². The molecule has 0 N–H and O–H groups in total. The number of benzene rings is 2. The molecule has 0 radical (unpaired) electrons. The Labute approximate surface area is 124 Å².